The average molecular weight is 341 g/mol. The van der Waals surface area contributed by atoms with Gasteiger partial charge in [-0.05, 0) is 17.7 Å². The Morgan fingerprint density at radius 2 is 1.92 bits per heavy atom. The molecule has 1 fully saturated rings. The lowest BCUT2D eigenvalue weighted by Crippen LogP contribution is -2.64. The summed E-state index contributed by atoms with van der Waals surface area (Å²) in [6.07, 6.45) is -4.65. The maximum absolute atomic E-state index is 11.3. The summed E-state index contributed by atoms with van der Waals surface area (Å²) in [5.74, 6) is 0.318. The summed E-state index contributed by atoms with van der Waals surface area (Å²) in [7, 11) is 1.57. The minimum atomic E-state index is -1.33. The number of hydrogen-bond donors (Lipinski definition) is 4. The lowest BCUT2D eigenvalue weighted by atomic mass is 9.97. The third-order valence-corrected chi connectivity index (χ3v) is 3.82. The van der Waals surface area contributed by atoms with Crippen molar-refractivity contribution in [1.82, 2.24) is 5.32 Å². The fraction of sp³-hybridized carbons (Fsp3) is 0.562. The van der Waals surface area contributed by atoms with Crippen LogP contribution in [0.25, 0.3) is 0 Å². The van der Waals surface area contributed by atoms with Crippen molar-refractivity contribution in [1.29, 1.82) is 0 Å². The van der Waals surface area contributed by atoms with Gasteiger partial charge in [0.25, 0.3) is 0 Å². The fourth-order valence-corrected chi connectivity index (χ4v) is 2.51. The number of amides is 1. The van der Waals surface area contributed by atoms with Crippen LogP contribution in [-0.2, 0) is 20.9 Å². The molecule has 0 saturated carbocycles. The Balaban J connectivity index is 2.06. The molecular formula is C16H23NO7. The number of hydrogen-bond acceptors (Lipinski definition) is 7. The quantitative estimate of drug-likeness (QED) is 0.533. The van der Waals surface area contributed by atoms with Gasteiger partial charge in [-0.1, -0.05) is 12.1 Å². The summed E-state index contributed by atoms with van der Waals surface area (Å²) in [6.45, 7) is 0.969. The summed E-state index contributed by atoms with van der Waals surface area (Å²) in [5, 5.41) is 31.9. The molecule has 1 aliphatic heterocycles. The molecule has 24 heavy (non-hydrogen) atoms. The van der Waals surface area contributed by atoms with E-state index < -0.39 is 43.2 Å². The zero-order valence-electron chi connectivity index (χ0n) is 13.6. The van der Waals surface area contributed by atoms with Crippen LogP contribution in [0.2, 0.25) is 0 Å². The first-order valence-electron chi connectivity index (χ1n) is 7.60. The fourth-order valence-electron chi connectivity index (χ4n) is 2.51. The van der Waals surface area contributed by atoms with Crippen LogP contribution in [-0.4, -0.2) is 65.6 Å². The van der Waals surface area contributed by atoms with Gasteiger partial charge in [0, 0.05) is 6.92 Å². The second kappa shape index (κ2) is 8.41. The molecule has 1 aliphatic rings. The molecular weight excluding hydrogens is 318 g/mol. The summed E-state index contributed by atoms with van der Waals surface area (Å²) in [4.78, 5) is 11.3. The molecule has 1 saturated heterocycles. The highest BCUT2D eigenvalue weighted by atomic mass is 16.7. The average Bonchev–Trinajstić information content (AvgIpc) is 2.58. The Kier molecular flexibility index (Phi) is 6.52. The van der Waals surface area contributed by atoms with Crippen LogP contribution < -0.4 is 10.1 Å². The van der Waals surface area contributed by atoms with E-state index in [-0.39, 0.29) is 6.61 Å². The molecule has 1 heterocycles. The lowest BCUT2D eigenvalue weighted by Gasteiger charge is -2.42. The van der Waals surface area contributed by atoms with Gasteiger partial charge in [0.2, 0.25) is 5.91 Å². The SMILES string of the molecule is COc1ccc(CO[C@H]2O[C@@H](CO)[C@@H](O)[C@H](O)[C@@H]2NC(C)=O)cc1. The van der Waals surface area contributed by atoms with Crippen LogP contribution in [0, 0.1) is 0 Å². The van der Waals surface area contributed by atoms with E-state index in [1.54, 1.807) is 19.2 Å². The second-order valence-electron chi connectivity index (χ2n) is 5.59. The number of carbonyl (C=O) groups is 1. The van der Waals surface area contributed by atoms with Crippen molar-refractivity contribution in [3.63, 3.8) is 0 Å². The first-order valence-corrected chi connectivity index (χ1v) is 7.60. The van der Waals surface area contributed by atoms with E-state index in [2.05, 4.69) is 5.32 Å². The smallest absolute Gasteiger partial charge is 0.217 e. The first-order chi connectivity index (χ1) is 11.5. The lowest BCUT2D eigenvalue weighted by molar-refractivity contribution is -0.273. The Hall–Kier alpha value is -1.71. The molecule has 0 unspecified atom stereocenters. The zero-order valence-corrected chi connectivity index (χ0v) is 13.6. The highest BCUT2D eigenvalue weighted by Crippen LogP contribution is 2.23. The van der Waals surface area contributed by atoms with E-state index in [1.807, 2.05) is 12.1 Å². The van der Waals surface area contributed by atoms with Gasteiger partial charge >= 0.3 is 0 Å². The normalized spacial score (nSPS) is 30.0. The predicted molar refractivity (Wildman–Crippen MR) is 83.1 cm³/mol. The molecule has 4 N–H and O–H groups in total. The predicted octanol–water partition coefficient (Wildman–Crippen LogP) is -0.844. The van der Waals surface area contributed by atoms with Gasteiger partial charge in [-0.2, -0.15) is 0 Å². The minimum Gasteiger partial charge on any atom is -0.497 e. The molecule has 8 nitrogen and oxygen atoms in total. The van der Waals surface area contributed by atoms with E-state index in [9.17, 15) is 20.1 Å². The molecule has 0 aromatic heterocycles. The van der Waals surface area contributed by atoms with Gasteiger partial charge in [-0.25, -0.2) is 0 Å². The molecule has 0 aliphatic carbocycles. The maximum Gasteiger partial charge on any atom is 0.217 e. The van der Waals surface area contributed by atoms with Gasteiger partial charge in [0.15, 0.2) is 6.29 Å². The van der Waals surface area contributed by atoms with Gasteiger partial charge in [0.1, 0.15) is 30.1 Å². The van der Waals surface area contributed by atoms with Crippen molar-refractivity contribution in [2.24, 2.45) is 0 Å². The first kappa shape index (κ1) is 18.6. The zero-order chi connectivity index (χ0) is 17.7. The third-order valence-electron chi connectivity index (χ3n) is 3.82. The monoisotopic (exact) mass is 341 g/mol. The second-order valence-corrected chi connectivity index (χ2v) is 5.59. The van der Waals surface area contributed by atoms with Crippen LogP contribution in [0.5, 0.6) is 5.75 Å². The van der Waals surface area contributed by atoms with E-state index in [4.69, 9.17) is 14.2 Å². The Morgan fingerprint density at radius 3 is 2.46 bits per heavy atom. The van der Waals surface area contributed by atoms with Gasteiger partial charge in [-0.15, -0.1) is 0 Å². The Labute approximate surface area is 140 Å². The Morgan fingerprint density at radius 1 is 1.25 bits per heavy atom. The molecule has 1 aromatic carbocycles. The molecule has 5 atom stereocenters. The van der Waals surface area contributed by atoms with Gasteiger partial charge in [0.05, 0.1) is 20.3 Å². The van der Waals surface area contributed by atoms with Crippen LogP contribution in [0.4, 0.5) is 0 Å². The number of methoxy groups -OCH3 is 1. The number of ether oxygens (including phenoxy) is 3. The number of aliphatic hydroxyl groups excluding tert-OH is 3. The molecule has 1 amide bonds. The van der Waals surface area contributed by atoms with Crippen LogP contribution in [0.3, 0.4) is 0 Å². The maximum atomic E-state index is 11.3. The van der Waals surface area contributed by atoms with E-state index in [1.165, 1.54) is 6.92 Å². The third kappa shape index (κ3) is 4.43. The van der Waals surface area contributed by atoms with Crippen molar-refractivity contribution in [2.75, 3.05) is 13.7 Å². The minimum absolute atomic E-state index is 0.158. The van der Waals surface area contributed by atoms with Crippen molar-refractivity contribution in [2.45, 2.75) is 44.2 Å². The highest BCUT2D eigenvalue weighted by molar-refractivity contribution is 5.73. The van der Waals surface area contributed by atoms with Crippen LogP contribution in [0.15, 0.2) is 24.3 Å². The molecule has 2 rings (SSSR count). The van der Waals surface area contributed by atoms with Crippen molar-refractivity contribution >= 4 is 5.91 Å². The van der Waals surface area contributed by atoms with Crippen LogP contribution >= 0.6 is 0 Å². The standard InChI is InChI=1S/C16H23NO7/c1-9(19)17-13-15(21)14(20)12(7-18)24-16(13)23-8-10-3-5-11(22-2)6-4-10/h3-6,12-16,18,20-21H,7-8H2,1-2H3,(H,17,19)/t12-,13-,14+,15+,16-/m0/s1. The Bertz CT molecular complexity index is 536. The number of carbonyl (C=O) groups excluding carboxylic acids is 1. The summed E-state index contributed by atoms with van der Waals surface area (Å²) < 4.78 is 16.2. The molecule has 0 radical (unpaired) electrons. The number of nitrogens with one attached hydrogen (secondary N) is 1. The highest BCUT2D eigenvalue weighted by Gasteiger charge is 2.45. The van der Waals surface area contributed by atoms with Gasteiger partial charge < -0.3 is 34.8 Å². The molecule has 134 valence electrons. The topological polar surface area (TPSA) is 117 Å². The molecule has 0 bridgehead atoms. The number of rotatable bonds is 6. The van der Waals surface area contributed by atoms with Gasteiger partial charge in [-0.3, -0.25) is 4.79 Å². The van der Waals surface area contributed by atoms with Crippen LogP contribution in [0.1, 0.15) is 12.5 Å². The summed E-state index contributed by atoms with van der Waals surface area (Å²) in [5.41, 5.74) is 0.835. The van der Waals surface area contributed by atoms with Crippen molar-refractivity contribution in [3.8, 4) is 5.75 Å². The number of benzene rings is 1. The molecule has 8 heteroatoms. The van der Waals surface area contributed by atoms with E-state index in [0.29, 0.717) is 5.75 Å². The summed E-state index contributed by atoms with van der Waals surface area (Å²) >= 11 is 0. The van der Waals surface area contributed by atoms with Crippen molar-refractivity contribution in [3.05, 3.63) is 29.8 Å². The summed E-state index contributed by atoms with van der Waals surface area (Å²) in [6, 6.07) is 6.23. The largest absolute Gasteiger partial charge is 0.497 e. The van der Waals surface area contributed by atoms with E-state index in [0.717, 1.165) is 5.56 Å². The molecule has 0 spiro atoms. The van der Waals surface area contributed by atoms with Crippen molar-refractivity contribution < 1.29 is 34.3 Å². The number of aliphatic hydroxyl groups is 3. The van der Waals surface area contributed by atoms with E-state index >= 15 is 0 Å². The molecule has 1 aromatic rings.